The molecule has 2 N–H and O–H groups in total. The first-order chi connectivity index (χ1) is 8.83. The summed E-state index contributed by atoms with van der Waals surface area (Å²) < 4.78 is 2.17. The standard InChI is InChI=1S/C13H21N3OS/c1-11-12(16-7-9-18-13(16)15-11)10-14-6-4-2-3-5-8-17/h7,9,14,17H,2-6,8,10H2,1H3. The highest BCUT2D eigenvalue weighted by Crippen LogP contribution is 2.16. The van der Waals surface area contributed by atoms with E-state index in [9.17, 15) is 0 Å². The molecule has 4 nitrogen and oxygen atoms in total. The van der Waals surface area contributed by atoms with E-state index in [1.54, 1.807) is 11.3 Å². The van der Waals surface area contributed by atoms with Crippen LogP contribution in [0.25, 0.3) is 4.96 Å². The molecule has 0 aliphatic heterocycles. The molecule has 0 aromatic carbocycles. The SMILES string of the molecule is Cc1nc2sccn2c1CNCCCCCCO. The van der Waals surface area contributed by atoms with E-state index < -0.39 is 0 Å². The minimum Gasteiger partial charge on any atom is -0.396 e. The van der Waals surface area contributed by atoms with Crippen molar-refractivity contribution in [3.8, 4) is 0 Å². The minimum absolute atomic E-state index is 0.318. The Morgan fingerprint density at radius 3 is 3.00 bits per heavy atom. The van der Waals surface area contributed by atoms with Crippen LogP contribution in [0.3, 0.4) is 0 Å². The van der Waals surface area contributed by atoms with Crippen LogP contribution in [0.15, 0.2) is 11.6 Å². The van der Waals surface area contributed by atoms with E-state index in [0.717, 1.165) is 36.6 Å². The summed E-state index contributed by atoms with van der Waals surface area (Å²) >= 11 is 1.68. The van der Waals surface area contributed by atoms with Crippen LogP contribution in [-0.2, 0) is 6.54 Å². The van der Waals surface area contributed by atoms with Gasteiger partial charge in [0.1, 0.15) is 0 Å². The number of thiazole rings is 1. The molecule has 0 aliphatic carbocycles. The molecule has 0 saturated heterocycles. The fourth-order valence-electron chi connectivity index (χ4n) is 2.08. The second-order valence-corrected chi connectivity index (χ2v) is 5.39. The van der Waals surface area contributed by atoms with Gasteiger partial charge in [-0.3, -0.25) is 4.40 Å². The highest BCUT2D eigenvalue weighted by molar-refractivity contribution is 7.15. The van der Waals surface area contributed by atoms with Gasteiger partial charge in [0.05, 0.1) is 11.4 Å². The Labute approximate surface area is 112 Å². The van der Waals surface area contributed by atoms with Gasteiger partial charge in [-0.2, -0.15) is 0 Å². The minimum atomic E-state index is 0.318. The molecule has 0 atom stereocenters. The molecule has 18 heavy (non-hydrogen) atoms. The monoisotopic (exact) mass is 267 g/mol. The smallest absolute Gasteiger partial charge is 0.194 e. The Balaban J connectivity index is 1.73. The lowest BCUT2D eigenvalue weighted by Gasteiger charge is -2.05. The molecule has 0 spiro atoms. The van der Waals surface area contributed by atoms with Gasteiger partial charge >= 0.3 is 0 Å². The number of aromatic nitrogens is 2. The van der Waals surface area contributed by atoms with Crippen molar-refractivity contribution >= 4 is 16.3 Å². The number of unbranched alkanes of at least 4 members (excludes halogenated alkanes) is 3. The van der Waals surface area contributed by atoms with Gasteiger partial charge in [0.25, 0.3) is 0 Å². The molecule has 0 unspecified atom stereocenters. The molecule has 2 rings (SSSR count). The van der Waals surface area contributed by atoms with Gasteiger partial charge in [0, 0.05) is 24.7 Å². The second kappa shape index (κ2) is 6.87. The summed E-state index contributed by atoms with van der Waals surface area (Å²) in [6, 6.07) is 0. The third-order valence-electron chi connectivity index (χ3n) is 3.12. The van der Waals surface area contributed by atoms with Crippen molar-refractivity contribution in [2.24, 2.45) is 0 Å². The molecule has 0 aliphatic rings. The molecular formula is C13H21N3OS. The molecule has 2 aromatic heterocycles. The highest BCUT2D eigenvalue weighted by atomic mass is 32.1. The Bertz CT molecular complexity index is 477. The number of rotatable bonds is 8. The predicted molar refractivity (Wildman–Crippen MR) is 75.1 cm³/mol. The molecule has 100 valence electrons. The third kappa shape index (κ3) is 3.31. The normalized spacial score (nSPS) is 11.4. The molecule has 0 bridgehead atoms. The van der Waals surface area contributed by atoms with Crippen molar-refractivity contribution in [2.45, 2.75) is 39.2 Å². The zero-order valence-corrected chi connectivity index (χ0v) is 11.7. The number of aliphatic hydroxyl groups excluding tert-OH is 1. The summed E-state index contributed by atoms with van der Waals surface area (Å²) in [4.78, 5) is 5.60. The predicted octanol–water partition coefficient (Wildman–Crippen LogP) is 2.35. The topological polar surface area (TPSA) is 49.6 Å². The van der Waals surface area contributed by atoms with Crippen molar-refractivity contribution in [2.75, 3.05) is 13.2 Å². The quantitative estimate of drug-likeness (QED) is 0.722. The van der Waals surface area contributed by atoms with E-state index in [2.05, 4.69) is 33.2 Å². The largest absolute Gasteiger partial charge is 0.396 e. The van der Waals surface area contributed by atoms with Gasteiger partial charge in [-0.25, -0.2) is 4.98 Å². The van der Waals surface area contributed by atoms with Gasteiger partial charge < -0.3 is 10.4 Å². The Hall–Kier alpha value is -0.910. The zero-order chi connectivity index (χ0) is 12.8. The van der Waals surface area contributed by atoms with Crippen molar-refractivity contribution in [3.05, 3.63) is 23.0 Å². The molecule has 2 heterocycles. The van der Waals surface area contributed by atoms with E-state index in [4.69, 9.17) is 5.11 Å². The zero-order valence-electron chi connectivity index (χ0n) is 10.9. The lowest BCUT2D eigenvalue weighted by molar-refractivity contribution is 0.282. The van der Waals surface area contributed by atoms with E-state index in [-0.39, 0.29) is 0 Å². The first-order valence-corrected chi connectivity index (χ1v) is 7.43. The number of hydrogen-bond donors (Lipinski definition) is 2. The third-order valence-corrected chi connectivity index (χ3v) is 3.87. The first kappa shape index (κ1) is 13.5. The van der Waals surface area contributed by atoms with Crippen LogP contribution in [0, 0.1) is 6.92 Å². The number of nitrogens with zero attached hydrogens (tertiary/aromatic N) is 2. The van der Waals surface area contributed by atoms with Gasteiger partial charge in [-0.15, -0.1) is 11.3 Å². The Morgan fingerprint density at radius 2 is 2.17 bits per heavy atom. The number of nitrogens with one attached hydrogen (secondary N) is 1. The maximum atomic E-state index is 8.68. The van der Waals surface area contributed by atoms with E-state index >= 15 is 0 Å². The van der Waals surface area contributed by atoms with Crippen molar-refractivity contribution in [3.63, 3.8) is 0 Å². The van der Waals surface area contributed by atoms with Gasteiger partial charge in [-0.1, -0.05) is 12.8 Å². The van der Waals surface area contributed by atoms with Crippen LogP contribution in [0.4, 0.5) is 0 Å². The molecule has 0 fully saturated rings. The fourth-order valence-corrected chi connectivity index (χ4v) is 2.85. The molecular weight excluding hydrogens is 246 g/mol. The van der Waals surface area contributed by atoms with Crippen molar-refractivity contribution < 1.29 is 5.11 Å². The summed E-state index contributed by atoms with van der Waals surface area (Å²) in [6.45, 7) is 4.29. The average Bonchev–Trinajstić information content (AvgIpc) is 2.90. The van der Waals surface area contributed by atoms with Crippen LogP contribution in [0.5, 0.6) is 0 Å². The van der Waals surface area contributed by atoms with E-state index in [0.29, 0.717) is 6.61 Å². The lowest BCUT2D eigenvalue weighted by atomic mass is 10.2. The van der Waals surface area contributed by atoms with Gasteiger partial charge in [0.15, 0.2) is 4.96 Å². The highest BCUT2D eigenvalue weighted by Gasteiger charge is 2.08. The summed E-state index contributed by atoms with van der Waals surface area (Å²) in [5, 5.41) is 14.2. The number of aryl methyl sites for hydroxylation is 1. The number of hydrogen-bond acceptors (Lipinski definition) is 4. The van der Waals surface area contributed by atoms with Crippen LogP contribution >= 0.6 is 11.3 Å². The summed E-state index contributed by atoms with van der Waals surface area (Å²) in [6.07, 6.45) is 6.49. The van der Waals surface area contributed by atoms with Crippen molar-refractivity contribution in [1.82, 2.24) is 14.7 Å². The summed E-state index contributed by atoms with van der Waals surface area (Å²) in [7, 11) is 0. The molecule has 0 radical (unpaired) electrons. The van der Waals surface area contributed by atoms with E-state index in [1.165, 1.54) is 18.5 Å². The molecule has 2 aromatic rings. The Kier molecular flexibility index (Phi) is 5.16. The molecule has 0 amide bonds. The lowest BCUT2D eigenvalue weighted by Crippen LogP contribution is -2.16. The summed E-state index contributed by atoms with van der Waals surface area (Å²) in [5.74, 6) is 0. The summed E-state index contributed by atoms with van der Waals surface area (Å²) in [5.41, 5.74) is 2.39. The van der Waals surface area contributed by atoms with Gasteiger partial charge in [-0.05, 0) is 26.3 Å². The van der Waals surface area contributed by atoms with E-state index in [1.807, 2.05) is 0 Å². The van der Waals surface area contributed by atoms with Crippen LogP contribution in [0.1, 0.15) is 37.1 Å². The van der Waals surface area contributed by atoms with Gasteiger partial charge in [0.2, 0.25) is 0 Å². The number of imidazole rings is 1. The van der Waals surface area contributed by atoms with Crippen LogP contribution < -0.4 is 5.32 Å². The fraction of sp³-hybridized carbons (Fsp3) is 0.615. The number of aliphatic hydroxyl groups is 1. The molecule has 5 heteroatoms. The first-order valence-electron chi connectivity index (χ1n) is 6.55. The molecule has 0 saturated carbocycles. The maximum absolute atomic E-state index is 8.68. The van der Waals surface area contributed by atoms with Crippen LogP contribution in [-0.4, -0.2) is 27.6 Å². The number of fused-ring (bicyclic) bond motifs is 1. The van der Waals surface area contributed by atoms with Crippen LogP contribution in [0.2, 0.25) is 0 Å². The van der Waals surface area contributed by atoms with Crippen molar-refractivity contribution in [1.29, 1.82) is 0 Å². The average molecular weight is 267 g/mol. The Morgan fingerprint density at radius 1 is 1.33 bits per heavy atom. The second-order valence-electron chi connectivity index (χ2n) is 4.51. The maximum Gasteiger partial charge on any atom is 0.194 e.